The zero-order chi connectivity index (χ0) is 15.9. The van der Waals surface area contributed by atoms with Crippen LogP contribution in [0.2, 0.25) is 0 Å². The van der Waals surface area contributed by atoms with Crippen LogP contribution in [-0.2, 0) is 11.2 Å². The van der Waals surface area contributed by atoms with E-state index in [0.29, 0.717) is 17.3 Å². The number of anilines is 1. The molecule has 1 amide bonds. The Bertz CT molecular complexity index is 614. The molecule has 1 atom stereocenters. The first kappa shape index (κ1) is 16.8. The van der Waals surface area contributed by atoms with Crippen molar-refractivity contribution in [2.24, 2.45) is 0 Å². The van der Waals surface area contributed by atoms with Crippen LogP contribution in [0.4, 0.5) is 5.13 Å². The Morgan fingerprint density at radius 2 is 2.05 bits per heavy atom. The Labute approximate surface area is 138 Å². The molecule has 1 aromatic carbocycles. The average Bonchev–Trinajstić information content (AvgIpc) is 3.00. The van der Waals surface area contributed by atoms with Crippen LogP contribution in [0, 0.1) is 0 Å². The standard InChI is InChI=1S/C15H19N3O2S2/c1-4-10-6-8-11(9-7-10)20-12(5-2)13(19)16-14-17-18-15(21-3)22-14/h6-9,12H,4-5H2,1-3H3,(H,16,17,19)/t12-/m0/s1. The van der Waals surface area contributed by atoms with E-state index in [-0.39, 0.29) is 5.91 Å². The molecule has 1 N–H and O–H groups in total. The van der Waals surface area contributed by atoms with Gasteiger partial charge in [-0.15, -0.1) is 10.2 Å². The largest absolute Gasteiger partial charge is 0.481 e. The maximum absolute atomic E-state index is 12.3. The van der Waals surface area contributed by atoms with Gasteiger partial charge >= 0.3 is 0 Å². The van der Waals surface area contributed by atoms with E-state index in [4.69, 9.17) is 4.74 Å². The number of aromatic nitrogens is 2. The zero-order valence-corrected chi connectivity index (χ0v) is 14.5. The van der Waals surface area contributed by atoms with Gasteiger partial charge in [0.15, 0.2) is 10.4 Å². The fraction of sp³-hybridized carbons (Fsp3) is 0.400. The van der Waals surface area contributed by atoms with Crippen LogP contribution in [0.5, 0.6) is 5.75 Å². The molecule has 2 rings (SSSR count). The number of aryl methyl sites for hydroxylation is 1. The van der Waals surface area contributed by atoms with Crippen molar-refractivity contribution in [2.75, 3.05) is 11.6 Å². The van der Waals surface area contributed by atoms with Gasteiger partial charge in [0.05, 0.1) is 0 Å². The third-order valence-corrected chi connectivity index (χ3v) is 4.90. The normalized spacial score (nSPS) is 12.0. The van der Waals surface area contributed by atoms with Gasteiger partial charge in [-0.3, -0.25) is 10.1 Å². The van der Waals surface area contributed by atoms with Crippen LogP contribution in [-0.4, -0.2) is 28.5 Å². The van der Waals surface area contributed by atoms with E-state index in [1.807, 2.05) is 37.4 Å². The molecule has 5 nitrogen and oxygen atoms in total. The molecule has 0 saturated carbocycles. The number of nitrogens with one attached hydrogen (secondary N) is 1. The molecular weight excluding hydrogens is 318 g/mol. The summed E-state index contributed by atoms with van der Waals surface area (Å²) >= 11 is 2.85. The lowest BCUT2D eigenvalue weighted by molar-refractivity contribution is -0.122. The van der Waals surface area contributed by atoms with E-state index in [2.05, 4.69) is 22.4 Å². The van der Waals surface area contributed by atoms with E-state index in [1.54, 1.807) is 0 Å². The fourth-order valence-electron chi connectivity index (χ4n) is 1.82. The first-order valence-electron chi connectivity index (χ1n) is 7.10. The predicted octanol–water partition coefficient (Wildman–Crippen LogP) is 3.62. The summed E-state index contributed by atoms with van der Waals surface area (Å²) in [4.78, 5) is 12.3. The van der Waals surface area contributed by atoms with Gasteiger partial charge in [-0.25, -0.2) is 0 Å². The lowest BCUT2D eigenvalue weighted by atomic mass is 10.2. The minimum absolute atomic E-state index is 0.203. The van der Waals surface area contributed by atoms with Gasteiger partial charge < -0.3 is 4.74 Å². The summed E-state index contributed by atoms with van der Waals surface area (Å²) in [5.74, 6) is 0.493. The fourth-order valence-corrected chi connectivity index (χ4v) is 2.99. The van der Waals surface area contributed by atoms with Crippen molar-refractivity contribution in [3.05, 3.63) is 29.8 Å². The quantitative estimate of drug-likeness (QED) is 0.617. The number of benzene rings is 1. The van der Waals surface area contributed by atoms with E-state index in [0.717, 1.165) is 10.8 Å². The average molecular weight is 337 g/mol. The maximum atomic E-state index is 12.3. The molecule has 0 fully saturated rings. The minimum Gasteiger partial charge on any atom is -0.481 e. The van der Waals surface area contributed by atoms with Gasteiger partial charge in [0, 0.05) is 0 Å². The van der Waals surface area contributed by atoms with E-state index in [1.165, 1.54) is 28.7 Å². The summed E-state index contributed by atoms with van der Waals surface area (Å²) in [7, 11) is 0. The lowest BCUT2D eigenvalue weighted by Crippen LogP contribution is -2.32. The zero-order valence-electron chi connectivity index (χ0n) is 12.8. The van der Waals surface area contributed by atoms with E-state index < -0.39 is 6.10 Å². The number of ether oxygens (including phenoxy) is 1. The van der Waals surface area contributed by atoms with Gasteiger partial charge in [0.2, 0.25) is 5.13 Å². The van der Waals surface area contributed by atoms with Crippen molar-refractivity contribution in [1.29, 1.82) is 0 Å². The van der Waals surface area contributed by atoms with Crippen LogP contribution in [0.15, 0.2) is 28.6 Å². The summed E-state index contributed by atoms with van der Waals surface area (Å²) in [6, 6.07) is 7.81. The summed E-state index contributed by atoms with van der Waals surface area (Å²) in [6.07, 6.45) is 2.93. The number of carbonyl (C=O) groups excluding carboxylic acids is 1. The molecule has 0 saturated heterocycles. The van der Waals surface area contributed by atoms with Gasteiger partial charge in [-0.1, -0.05) is 49.1 Å². The molecule has 7 heteroatoms. The second-order valence-electron chi connectivity index (χ2n) is 4.58. The van der Waals surface area contributed by atoms with Gasteiger partial charge in [0.1, 0.15) is 5.75 Å². The smallest absolute Gasteiger partial charge is 0.267 e. The molecule has 1 aromatic heterocycles. The molecule has 0 radical (unpaired) electrons. The Hall–Kier alpha value is -1.60. The number of amides is 1. The van der Waals surface area contributed by atoms with Gasteiger partial charge in [-0.05, 0) is 36.8 Å². The second kappa shape index (κ2) is 8.14. The van der Waals surface area contributed by atoms with Crippen molar-refractivity contribution in [3.63, 3.8) is 0 Å². The summed E-state index contributed by atoms with van der Waals surface area (Å²) in [6.45, 7) is 4.02. The van der Waals surface area contributed by atoms with Crippen molar-refractivity contribution < 1.29 is 9.53 Å². The number of carbonyl (C=O) groups is 1. The second-order valence-corrected chi connectivity index (χ2v) is 6.61. The van der Waals surface area contributed by atoms with Crippen LogP contribution in [0.3, 0.4) is 0 Å². The molecule has 0 bridgehead atoms. The monoisotopic (exact) mass is 337 g/mol. The highest BCUT2D eigenvalue weighted by atomic mass is 32.2. The number of hydrogen-bond donors (Lipinski definition) is 1. The lowest BCUT2D eigenvalue weighted by Gasteiger charge is -2.16. The molecule has 0 aliphatic heterocycles. The molecule has 0 aliphatic carbocycles. The molecule has 0 unspecified atom stereocenters. The van der Waals surface area contributed by atoms with Gasteiger partial charge in [-0.2, -0.15) is 0 Å². The molecule has 0 spiro atoms. The van der Waals surface area contributed by atoms with E-state index in [9.17, 15) is 4.79 Å². The molecule has 2 aromatic rings. The molecule has 0 aliphatic rings. The van der Waals surface area contributed by atoms with Crippen molar-refractivity contribution >= 4 is 34.1 Å². The third-order valence-electron chi connectivity index (χ3n) is 3.08. The Kier molecular flexibility index (Phi) is 6.21. The molecular formula is C15H19N3O2S2. The van der Waals surface area contributed by atoms with Crippen LogP contribution >= 0.6 is 23.1 Å². The highest BCUT2D eigenvalue weighted by Crippen LogP contribution is 2.23. The summed E-state index contributed by atoms with van der Waals surface area (Å²) < 4.78 is 6.59. The van der Waals surface area contributed by atoms with Crippen molar-refractivity contribution in [2.45, 2.75) is 37.1 Å². The summed E-state index contributed by atoms with van der Waals surface area (Å²) in [5.41, 5.74) is 1.24. The topological polar surface area (TPSA) is 64.1 Å². The number of rotatable bonds is 7. The first-order chi connectivity index (χ1) is 10.7. The Morgan fingerprint density at radius 1 is 1.32 bits per heavy atom. The highest BCUT2D eigenvalue weighted by molar-refractivity contribution is 8.00. The number of hydrogen-bond acceptors (Lipinski definition) is 6. The van der Waals surface area contributed by atoms with E-state index >= 15 is 0 Å². The molecule has 22 heavy (non-hydrogen) atoms. The first-order valence-corrected chi connectivity index (χ1v) is 9.14. The van der Waals surface area contributed by atoms with Gasteiger partial charge in [0.25, 0.3) is 5.91 Å². The minimum atomic E-state index is -0.547. The van der Waals surface area contributed by atoms with Crippen LogP contribution in [0.1, 0.15) is 25.8 Å². The Balaban J connectivity index is 1.98. The maximum Gasteiger partial charge on any atom is 0.267 e. The number of thioether (sulfide) groups is 1. The van der Waals surface area contributed by atoms with Crippen molar-refractivity contribution in [3.8, 4) is 5.75 Å². The number of nitrogens with zero attached hydrogens (tertiary/aromatic N) is 2. The van der Waals surface area contributed by atoms with Crippen LogP contribution in [0.25, 0.3) is 0 Å². The summed E-state index contributed by atoms with van der Waals surface area (Å²) in [5, 5.41) is 11.1. The Morgan fingerprint density at radius 3 is 2.59 bits per heavy atom. The molecule has 1 heterocycles. The molecule has 118 valence electrons. The SMILES string of the molecule is CCc1ccc(O[C@@H](CC)C(=O)Nc2nnc(SC)s2)cc1. The third kappa shape index (κ3) is 4.45. The predicted molar refractivity (Wildman–Crippen MR) is 90.8 cm³/mol. The van der Waals surface area contributed by atoms with Crippen molar-refractivity contribution in [1.82, 2.24) is 10.2 Å². The highest BCUT2D eigenvalue weighted by Gasteiger charge is 2.20. The van der Waals surface area contributed by atoms with Crippen LogP contribution < -0.4 is 10.1 Å².